The number of hydrogen-bond donors (Lipinski definition) is 0. The van der Waals surface area contributed by atoms with Crippen LogP contribution in [0.2, 0.25) is 0 Å². The summed E-state index contributed by atoms with van der Waals surface area (Å²) < 4.78 is 53.7. The van der Waals surface area contributed by atoms with E-state index in [-0.39, 0.29) is 11.3 Å². The molecule has 0 unspecified atom stereocenters. The molecule has 0 aliphatic carbocycles. The molecule has 0 saturated heterocycles. The fraction of sp³-hybridized carbons (Fsp3) is 0.0476. The molecule has 0 saturated carbocycles. The van der Waals surface area contributed by atoms with Gasteiger partial charge in [-0.1, -0.05) is 30.3 Å². The number of hydrogen-bond acceptors (Lipinski definition) is 2. The van der Waals surface area contributed by atoms with Gasteiger partial charge in [-0.05, 0) is 42.5 Å². The van der Waals surface area contributed by atoms with Crippen LogP contribution in [-0.2, 0) is 6.18 Å². The molecule has 0 bridgehead atoms. The molecule has 0 aliphatic rings. The van der Waals surface area contributed by atoms with Crippen molar-refractivity contribution in [3.8, 4) is 16.9 Å². The van der Waals surface area contributed by atoms with E-state index in [2.05, 4.69) is 5.10 Å². The van der Waals surface area contributed by atoms with Crippen LogP contribution in [0.15, 0.2) is 77.6 Å². The predicted molar refractivity (Wildman–Crippen MR) is 97.7 cm³/mol. The van der Waals surface area contributed by atoms with E-state index in [1.807, 2.05) is 0 Å². The third kappa shape index (κ3) is 3.15. The van der Waals surface area contributed by atoms with Crippen LogP contribution in [0.5, 0.6) is 0 Å². The minimum Gasteiger partial charge on any atom is -0.267 e. The number of rotatable bonds is 2. The van der Waals surface area contributed by atoms with Gasteiger partial charge in [-0.15, -0.1) is 0 Å². The van der Waals surface area contributed by atoms with Crippen molar-refractivity contribution in [1.82, 2.24) is 9.78 Å². The fourth-order valence-corrected chi connectivity index (χ4v) is 3.00. The Balaban J connectivity index is 2.02. The van der Waals surface area contributed by atoms with Crippen molar-refractivity contribution in [2.24, 2.45) is 0 Å². The number of nitrogens with zero attached hydrogens (tertiary/aromatic N) is 2. The van der Waals surface area contributed by atoms with E-state index in [1.54, 1.807) is 24.3 Å². The zero-order chi connectivity index (χ0) is 19.9. The van der Waals surface area contributed by atoms with E-state index in [4.69, 9.17) is 0 Å². The first-order chi connectivity index (χ1) is 13.3. The number of halogens is 4. The fourth-order valence-electron chi connectivity index (χ4n) is 3.00. The van der Waals surface area contributed by atoms with Gasteiger partial charge in [0.15, 0.2) is 0 Å². The highest BCUT2D eigenvalue weighted by Crippen LogP contribution is 2.33. The second kappa shape index (κ2) is 6.60. The molecule has 0 N–H and O–H groups in total. The van der Waals surface area contributed by atoms with Gasteiger partial charge in [-0.3, -0.25) is 4.79 Å². The maximum atomic E-state index is 13.2. The van der Waals surface area contributed by atoms with Gasteiger partial charge in [0.25, 0.3) is 5.56 Å². The van der Waals surface area contributed by atoms with Crippen LogP contribution < -0.4 is 5.56 Å². The Kier molecular flexibility index (Phi) is 4.22. The average Bonchev–Trinajstić information content (AvgIpc) is 2.69. The molecule has 0 aliphatic heterocycles. The normalized spacial score (nSPS) is 11.7. The smallest absolute Gasteiger partial charge is 0.267 e. The molecule has 0 atom stereocenters. The lowest BCUT2D eigenvalue weighted by Gasteiger charge is -2.13. The van der Waals surface area contributed by atoms with Crippen LogP contribution in [0, 0.1) is 5.82 Å². The van der Waals surface area contributed by atoms with Crippen LogP contribution in [-0.4, -0.2) is 9.78 Å². The van der Waals surface area contributed by atoms with Gasteiger partial charge in [-0.25, -0.2) is 4.39 Å². The van der Waals surface area contributed by atoms with Gasteiger partial charge in [0, 0.05) is 10.9 Å². The molecule has 4 rings (SSSR count). The highest BCUT2D eigenvalue weighted by Gasteiger charge is 2.30. The van der Waals surface area contributed by atoms with Crippen molar-refractivity contribution in [2.75, 3.05) is 0 Å². The summed E-state index contributed by atoms with van der Waals surface area (Å²) in [5, 5.41) is 5.04. The van der Waals surface area contributed by atoms with Gasteiger partial charge in [0.2, 0.25) is 0 Å². The molecule has 140 valence electrons. The lowest BCUT2D eigenvalue weighted by atomic mass is 10.0. The van der Waals surface area contributed by atoms with Crippen molar-refractivity contribution in [3.63, 3.8) is 0 Å². The molecule has 1 heterocycles. The first-order valence-electron chi connectivity index (χ1n) is 8.30. The molecule has 7 heteroatoms. The van der Waals surface area contributed by atoms with Gasteiger partial charge >= 0.3 is 6.18 Å². The third-order valence-electron chi connectivity index (χ3n) is 4.34. The Morgan fingerprint density at radius 2 is 1.50 bits per heavy atom. The Morgan fingerprint density at radius 3 is 2.18 bits per heavy atom. The van der Waals surface area contributed by atoms with Crippen LogP contribution in [0.3, 0.4) is 0 Å². The average molecular weight is 384 g/mol. The van der Waals surface area contributed by atoms with Crippen LogP contribution >= 0.6 is 0 Å². The SMILES string of the molecule is O=c1c2ccccc2c(-c2cccc(C(F)(F)F)c2)nn1-c1ccc(F)cc1. The molecule has 1 aromatic heterocycles. The maximum Gasteiger partial charge on any atom is 0.416 e. The molecular formula is C21H12F4N2O. The third-order valence-corrected chi connectivity index (χ3v) is 4.34. The Hall–Kier alpha value is -3.48. The first-order valence-corrected chi connectivity index (χ1v) is 8.30. The summed E-state index contributed by atoms with van der Waals surface area (Å²) in [6, 6.07) is 16.5. The highest BCUT2D eigenvalue weighted by atomic mass is 19.4. The van der Waals surface area contributed by atoms with Gasteiger partial charge in [0.1, 0.15) is 5.82 Å². The highest BCUT2D eigenvalue weighted by molar-refractivity contribution is 5.94. The zero-order valence-electron chi connectivity index (χ0n) is 14.2. The van der Waals surface area contributed by atoms with E-state index in [1.165, 1.54) is 36.4 Å². The van der Waals surface area contributed by atoms with Crippen molar-refractivity contribution < 1.29 is 17.6 Å². The first kappa shape index (κ1) is 17.9. The van der Waals surface area contributed by atoms with Gasteiger partial charge < -0.3 is 0 Å². The maximum absolute atomic E-state index is 13.2. The number of benzene rings is 3. The molecule has 4 aromatic rings. The van der Waals surface area contributed by atoms with E-state index in [0.29, 0.717) is 16.5 Å². The monoisotopic (exact) mass is 384 g/mol. The summed E-state index contributed by atoms with van der Waals surface area (Å²) >= 11 is 0. The second-order valence-electron chi connectivity index (χ2n) is 6.17. The molecule has 0 fully saturated rings. The quantitative estimate of drug-likeness (QED) is 0.445. The molecule has 28 heavy (non-hydrogen) atoms. The summed E-state index contributed by atoms with van der Waals surface area (Å²) in [5.41, 5.74) is -0.494. The van der Waals surface area contributed by atoms with Crippen LogP contribution in [0.4, 0.5) is 17.6 Å². The van der Waals surface area contributed by atoms with Crippen molar-refractivity contribution in [2.45, 2.75) is 6.18 Å². The summed E-state index contributed by atoms with van der Waals surface area (Å²) in [6.45, 7) is 0. The predicted octanol–water partition coefficient (Wildman–Crippen LogP) is 5.21. The Morgan fingerprint density at radius 1 is 0.821 bits per heavy atom. The van der Waals surface area contributed by atoms with Crippen LogP contribution in [0.25, 0.3) is 27.7 Å². The summed E-state index contributed by atoms with van der Waals surface area (Å²) in [5.74, 6) is -0.476. The molecular weight excluding hydrogens is 372 g/mol. The largest absolute Gasteiger partial charge is 0.416 e. The van der Waals surface area contributed by atoms with Gasteiger partial charge in [0.05, 0.1) is 22.3 Å². The molecule has 0 amide bonds. The molecule has 3 aromatic carbocycles. The Bertz CT molecular complexity index is 1230. The van der Waals surface area contributed by atoms with Gasteiger partial charge in [-0.2, -0.15) is 23.0 Å². The Labute approximate surface area is 156 Å². The lowest BCUT2D eigenvalue weighted by Crippen LogP contribution is -2.22. The summed E-state index contributed by atoms with van der Waals surface area (Å²) in [7, 11) is 0. The van der Waals surface area contributed by atoms with E-state index < -0.39 is 23.1 Å². The standard InChI is InChI=1S/C21H12F4N2O/c22-15-8-10-16(11-9-15)27-20(28)18-7-2-1-6-17(18)19(26-27)13-4-3-5-14(12-13)21(23,24)25/h1-12H. The molecule has 3 nitrogen and oxygen atoms in total. The van der Waals surface area contributed by atoms with Crippen molar-refractivity contribution >= 4 is 10.8 Å². The van der Waals surface area contributed by atoms with Crippen LogP contribution in [0.1, 0.15) is 5.56 Å². The lowest BCUT2D eigenvalue weighted by molar-refractivity contribution is -0.137. The number of aromatic nitrogens is 2. The minimum atomic E-state index is -4.50. The topological polar surface area (TPSA) is 34.9 Å². The summed E-state index contributed by atoms with van der Waals surface area (Å²) in [4.78, 5) is 12.9. The molecule has 0 radical (unpaired) electrons. The number of alkyl halides is 3. The zero-order valence-corrected chi connectivity index (χ0v) is 14.2. The molecule has 0 spiro atoms. The minimum absolute atomic E-state index is 0.224. The second-order valence-corrected chi connectivity index (χ2v) is 6.17. The van der Waals surface area contributed by atoms with Crippen molar-refractivity contribution in [3.05, 3.63) is 94.5 Å². The van der Waals surface area contributed by atoms with E-state index in [9.17, 15) is 22.4 Å². The summed E-state index contributed by atoms with van der Waals surface area (Å²) in [6.07, 6.45) is -4.50. The van der Waals surface area contributed by atoms with E-state index in [0.717, 1.165) is 16.8 Å². The number of fused-ring (bicyclic) bond motifs is 1. The van der Waals surface area contributed by atoms with Crippen molar-refractivity contribution in [1.29, 1.82) is 0 Å². The van der Waals surface area contributed by atoms with E-state index >= 15 is 0 Å².